The predicted molar refractivity (Wildman–Crippen MR) is 231 cm³/mol. The average molecular weight is 915 g/mol. The molecule has 0 saturated carbocycles. The molecule has 0 aromatic heterocycles. The van der Waals surface area contributed by atoms with Crippen LogP contribution in [0.5, 0.6) is 0 Å². The van der Waals surface area contributed by atoms with Gasteiger partial charge in [0.15, 0.2) is 23.7 Å². The highest BCUT2D eigenvalue weighted by atomic mass is 16.8. The van der Waals surface area contributed by atoms with Gasteiger partial charge in [-0.05, 0) is 79.1 Å². The molecule has 0 aromatic carbocycles. The van der Waals surface area contributed by atoms with Gasteiger partial charge < -0.3 is 72.2 Å². The smallest absolute Gasteiger partial charge is 0.311 e. The Labute approximate surface area is 381 Å². The summed E-state index contributed by atoms with van der Waals surface area (Å²) in [6, 6.07) is 0. The highest BCUT2D eigenvalue weighted by Gasteiger charge is 2.70. The lowest BCUT2D eigenvalue weighted by atomic mass is 9.71. The quantitative estimate of drug-likeness (QED) is 0.207. The molecule has 7 rings (SSSR count). The van der Waals surface area contributed by atoms with E-state index in [1.54, 1.807) is 42.3 Å². The standard InChI is InChI=1S/C48H82O16/c1-24-21-25(2)46(10,51)63-40(24)35-16-15-33(58-35)34-17-19-37(59-34)45(9)42(56-14)28(5)48(64-45)26(3)36(54-12)22-31(60-48)23-38-44(8,62-39-20-18-32(53-11)30(7)57-39)41(55-13)27(4)47(52,61-38)29(6)43(49)50/h24-42,51-52H,15-23H2,1-14H3,(H,49,50)/t24?,25?,26?,27?,28?,29?,30?,31?,32?,33?,34?,35?,36?,37?,38?,39?,40?,41?,42?,44-,45+,46-,47-,48+/m0/s1. The van der Waals surface area contributed by atoms with E-state index in [0.29, 0.717) is 19.3 Å². The first-order valence-electron chi connectivity index (χ1n) is 24.2. The Balaban J connectivity index is 1.13. The number of aliphatic carboxylic acids is 1. The number of aliphatic hydroxyl groups is 2. The predicted octanol–water partition coefficient (Wildman–Crippen LogP) is 5.59. The van der Waals surface area contributed by atoms with Gasteiger partial charge in [0.25, 0.3) is 0 Å². The Kier molecular flexibility index (Phi) is 15.1. The molecule has 16 heteroatoms. The minimum atomic E-state index is -2.11. The van der Waals surface area contributed by atoms with Crippen molar-refractivity contribution < 1.29 is 77.0 Å². The fourth-order valence-electron chi connectivity index (χ4n) is 13.3. The second-order valence-electron chi connectivity index (χ2n) is 21.3. The first-order valence-corrected chi connectivity index (χ1v) is 24.2. The molecular formula is C48H82O16. The van der Waals surface area contributed by atoms with Crippen molar-refractivity contribution in [2.75, 3.05) is 28.4 Å². The molecule has 16 nitrogen and oxygen atoms in total. The van der Waals surface area contributed by atoms with E-state index >= 15 is 0 Å². The van der Waals surface area contributed by atoms with Gasteiger partial charge in [0.1, 0.15) is 17.1 Å². The van der Waals surface area contributed by atoms with E-state index in [4.69, 9.17) is 56.8 Å². The number of hydrogen-bond donors (Lipinski definition) is 3. The number of methoxy groups -OCH3 is 4. The lowest BCUT2D eigenvalue weighted by Gasteiger charge is -2.58. The van der Waals surface area contributed by atoms with Crippen molar-refractivity contribution in [2.24, 2.45) is 35.5 Å². The molecule has 19 unspecified atom stereocenters. The van der Waals surface area contributed by atoms with E-state index in [-0.39, 0.29) is 78.9 Å². The van der Waals surface area contributed by atoms with E-state index in [2.05, 4.69) is 27.7 Å². The summed E-state index contributed by atoms with van der Waals surface area (Å²) in [6.45, 7) is 19.2. The van der Waals surface area contributed by atoms with Crippen molar-refractivity contribution in [3.05, 3.63) is 0 Å². The largest absolute Gasteiger partial charge is 0.481 e. The zero-order valence-electron chi connectivity index (χ0n) is 41.0. The molecule has 64 heavy (non-hydrogen) atoms. The van der Waals surface area contributed by atoms with Gasteiger partial charge in [0.2, 0.25) is 0 Å². The Bertz CT molecular complexity index is 1600. The van der Waals surface area contributed by atoms with Crippen LogP contribution in [0.4, 0.5) is 0 Å². The van der Waals surface area contributed by atoms with Crippen LogP contribution in [0.3, 0.4) is 0 Å². The molecule has 0 aliphatic carbocycles. The molecule has 0 amide bonds. The van der Waals surface area contributed by atoms with Crippen LogP contribution in [0.15, 0.2) is 0 Å². The Hall–Kier alpha value is -1.09. The molecule has 0 bridgehead atoms. The van der Waals surface area contributed by atoms with Crippen LogP contribution in [0, 0.1) is 35.5 Å². The van der Waals surface area contributed by atoms with Gasteiger partial charge in [0, 0.05) is 71.4 Å². The maximum absolute atomic E-state index is 12.5. The molecule has 24 atom stereocenters. The molecule has 0 aromatic rings. The van der Waals surface area contributed by atoms with Crippen LogP contribution in [0.1, 0.15) is 127 Å². The van der Waals surface area contributed by atoms with Gasteiger partial charge in [0.05, 0.1) is 73.2 Å². The zero-order chi connectivity index (χ0) is 46.9. The molecule has 7 aliphatic rings. The van der Waals surface area contributed by atoms with Gasteiger partial charge in [-0.3, -0.25) is 4.79 Å². The van der Waals surface area contributed by atoms with E-state index in [0.717, 1.165) is 32.1 Å². The third-order valence-electron chi connectivity index (χ3n) is 17.4. The normalized spacial score (nSPS) is 54.1. The van der Waals surface area contributed by atoms with Crippen LogP contribution in [-0.4, -0.2) is 158 Å². The molecule has 7 saturated heterocycles. The van der Waals surface area contributed by atoms with Crippen molar-refractivity contribution in [1.82, 2.24) is 0 Å². The summed E-state index contributed by atoms with van der Waals surface area (Å²) < 4.78 is 79.0. The highest BCUT2D eigenvalue weighted by molar-refractivity contribution is 5.70. The van der Waals surface area contributed by atoms with Crippen molar-refractivity contribution >= 4 is 5.97 Å². The van der Waals surface area contributed by atoms with E-state index in [1.165, 1.54) is 6.92 Å². The summed E-state index contributed by atoms with van der Waals surface area (Å²) in [4.78, 5) is 12.5. The topological polar surface area (TPSA) is 189 Å². The third-order valence-corrected chi connectivity index (χ3v) is 17.4. The van der Waals surface area contributed by atoms with E-state index < -0.39 is 77.1 Å². The Morgan fingerprint density at radius 1 is 0.703 bits per heavy atom. The fraction of sp³-hybridized carbons (Fsp3) is 0.979. The minimum Gasteiger partial charge on any atom is -0.481 e. The molecule has 7 fully saturated rings. The molecular weight excluding hydrogens is 833 g/mol. The highest BCUT2D eigenvalue weighted by Crippen LogP contribution is 2.57. The van der Waals surface area contributed by atoms with Crippen molar-refractivity contribution in [1.29, 1.82) is 0 Å². The number of carboxylic acid groups (broad SMARTS) is 1. The van der Waals surface area contributed by atoms with Gasteiger partial charge >= 0.3 is 5.97 Å². The number of carboxylic acids is 1. The van der Waals surface area contributed by atoms with E-state index in [9.17, 15) is 20.1 Å². The number of hydrogen-bond acceptors (Lipinski definition) is 15. The monoisotopic (exact) mass is 915 g/mol. The van der Waals surface area contributed by atoms with Crippen LogP contribution >= 0.6 is 0 Å². The van der Waals surface area contributed by atoms with Gasteiger partial charge in [-0.2, -0.15) is 0 Å². The summed E-state index contributed by atoms with van der Waals surface area (Å²) in [5.41, 5.74) is -2.16. The van der Waals surface area contributed by atoms with Crippen LogP contribution in [0.25, 0.3) is 0 Å². The van der Waals surface area contributed by atoms with Crippen LogP contribution in [-0.2, 0) is 61.6 Å². The molecule has 7 heterocycles. The molecule has 370 valence electrons. The second-order valence-corrected chi connectivity index (χ2v) is 21.3. The van der Waals surface area contributed by atoms with Crippen molar-refractivity contribution in [2.45, 2.75) is 235 Å². The molecule has 3 N–H and O–H groups in total. The first kappa shape index (κ1) is 50.8. The summed E-state index contributed by atoms with van der Waals surface area (Å²) in [5, 5.41) is 33.5. The summed E-state index contributed by atoms with van der Waals surface area (Å²) in [5.74, 6) is -8.05. The average Bonchev–Trinajstić information content (AvgIpc) is 3.98. The van der Waals surface area contributed by atoms with Gasteiger partial charge in [-0.1, -0.05) is 34.6 Å². The lowest BCUT2D eigenvalue weighted by molar-refractivity contribution is -0.403. The SMILES string of the molecule is COC1CCC(O[C@@]2(C)C(CC3CC(OC)C(C)[C@@]4(O3)O[C@](C)(C3CCC(C5CCC(C6O[C@](C)(O)C(C)CC6C)O5)O3)C(OC)C4C)O[C@](O)(C(C)C(=O)O)C(C)C2OC)OC1C. The summed E-state index contributed by atoms with van der Waals surface area (Å²) in [7, 11) is 6.61. The number of carbonyl (C=O) groups is 1. The number of rotatable bonds is 13. The Morgan fingerprint density at radius 3 is 1.97 bits per heavy atom. The maximum Gasteiger partial charge on any atom is 0.311 e. The summed E-state index contributed by atoms with van der Waals surface area (Å²) in [6.07, 6.45) is 1.06. The van der Waals surface area contributed by atoms with Crippen molar-refractivity contribution in [3.63, 3.8) is 0 Å². The summed E-state index contributed by atoms with van der Waals surface area (Å²) >= 11 is 0. The molecule has 0 radical (unpaired) electrons. The minimum absolute atomic E-state index is 0.0384. The zero-order valence-corrected chi connectivity index (χ0v) is 41.0. The Morgan fingerprint density at radius 2 is 1.34 bits per heavy atom. The van der Waals surface area contributed by atoms with E-state index in [1.807, 2.05) is 20.8 Å². The molecule has 7 aliphatic heterocycles. The molecule has 1 spiro atoms. The second kappa shape index (κ2) is 19.0. The third kappa shape index (κ3) is 8.77. The fourth-order valence-corrected chi connectivity index (χ4v) is 13.3. The lowest BCUT2D eigenvalue weighted by Crippen LogP contribution is -2.71. The van der Waals surface area contributed by atoms with Crippen LogP contribution < -0.4 is 0 Å². The maximum atomic E-state index is 12.5. The van der Waals surface area contributed by atoms with Gasteiger partial charge in [-0.25, -0.2) is 0 Å². The van der Waals surface area contributed by atoms with Crippen LogP contribution in [0.2, 0.25) is 0 Å². The first-order chi connectivity index (χ1) is 30.0. The number of ether oxygens (including phenoxy) is 12. The van der Waals surface area contributed by atoms with Gasteiger partial charge in [-0.15, -0.1) is 0 Å². The van der Waals surface area contributed by atoms with Crippen molar-refractivity contribution in [3.8, 4) is 0 Å².